The molecular formula is C20H20BrN. The van der Waals surface area contributed by atoms with Crippen molar-refractivity contribution >= 4 is 26.8 Å². The third kappa shape index (κ3) is 3.07. The van der Waals surface area contributed by atoms with Crippen LogP contribution in [0.5, 0.6) is 0 Å². The molecule has 0 spiro atoms. The molecule has 2 heteroatoms. The monoisotopic (exact) mass is 353 g/mol. The van der Waals surface area contributed by atoms with Crippen LogP contribution in [-0.4, -0.2) is 4.98 Å². The molecule has 1 nitrogen and oxygen atoms in total. The van der Waals surface area contributed by atoms with Gasteiger partial charge in [0.15, 0.2) is 0 Å². The van der Waals surface area contributed by atoms with Crippen LogP contribution in [0.1, 0.15) is 38.2 Å². The summed E-state index contributed by atoms with van der Waals surface area (Å²) in [7, 11) is 0. The number of fused-ring (bicyclic) bond motifs is 1. The van der Waals surface area contributed by atoms with Crippen molar-refractivity contribution in [1.29, 1.82) is 0 Å². The second kappa shape index (κ2) is 6.62. The number of hydrogen-bond acceptors (Lipinski definition) is 1. The number of para-hydroxylation sites is 1. The Morgan fingerprint density at radius 1 is 1.05 bits per heavy atom. The lowest BCUT2D eigenvalue weighted by Gasteiger charge is -2.15. The number of nitrogens with zero attached hydrogens (tertiary/aromatic N) is 1. The van der Waals surface area contributed by atoms with Gasteiger partial charge in [-0.15, -0.1) is 0 Å². The Balaban J connectivity index is 2.17. The Morgan fingerprint density at radius 3 is 2.50 bits per heavy atom. The summed E-state index contributed by atoms with van der Waals surface area (Å²) in [6, 6.07) is 19.1. The van der Waals surface area contributed by atoms with Crippen LogP contribution in [0.4, 0.5) is 0 Å². The molecule has 0 saturated carbocycles. The van der Waals surface area contributed by atoms with Gasteiger partial charge in [-0.25, -0.2) is 4.98 Å². The molecule has 3 aromatic rings. The number of aromatic nitrogens is 1. The molecule has 0 saturated heterocycles. The Bertz CT molecular complexity index is 777. The maximum absolute atomic E-state index is 4.86. The number of pyridine rings is 1. The molecule has 0 radical (unpaired) electrons. The minimum Gasteiger partial charge on any atom is -0.248 e. The van der Waals surface area contributed by atoms with E-state index in [1.54, 1.807) is 0 Å². The van der Waals surface area contributed by atoms with Crippen molar-refractivity contribution in [2.75, 3.05) is 0 Å². The van der Waals surface area contributed by atoms with E-state index in [0.717, 1.165) is 15.7 Å². The van der Waals surface area contributed by atoms with Crippen molar-refractivity contribution in [3.05, 3.63) is 64.6 Å². The fourth-order valence-electron chi connectivity index (χ4n) is 2.97. The Hall–Kier alpha value is -1.67. The second-order valence-corrected chi connectivity index (χ2v) is 6.73. The highest BCUT2D eigenvalue weighted by molar-refractivity contribution is 9.10. The fourth-order valence-corrected chi connectivity index (χ4v) is 3.23. The van der Waals surface area contributed by atoms with Crippen LogP contribution in [0.2, 0.25) is 0 Å². The summed E-state index contributed by atoms with van der Waals surface area (Å²) < 4.78 is 1.09. The maximum Gasteiger partial charge on any atom is 0.0712 e. The van der Waals surface area contributed by atoms with Gasteiger partial charge in [0, 0.05) is 15.4 Å². The third-order valence-corrected chi connectivity index (χ3v) is 4.67. The largest absolute Gasteiger partial charge is 0.248 e. The number of rotatable bonds is 4. The minimum atomic E-state index is 0.548. The van der Waals surface area contributed by atoms with Gasteiger partial charge in [-0.05, 0) is 42.2 Å². The van der Waals surface area contributed by atoms with Gasteiger partial charge in [0.1, 0.15) is 0 Å². The SMILES string of the molecule is CCCC(C)c1cc(-c2ccc(Br)cc2)nc2ccccc12. The molecule has 0 aliphatic rings. The van der Waals surface area contributed by atoms with Crippen LogP contribution in [0.3, 0.4) is 0 Å². The predicted molar refractivity (Wildman–Crippen MR) is 98.2 cm³/mol. The smallest absolute Gasteiger partial charge is 0.0712 e. The zero-order chi connectivity index (χ0) is 15.5. The summed E-state index contributed by atoms with van der Waals surface area (Å²) in [5.41, 5.74) is 4.72. The molecule has 1 unspecified atom stereocenters. The van der Waals surface area contributed by atoms with Gasteiger partial charge in [-0.2, -0.15) is 0 Å². The van der Waals surface area contributed by atoms with Crippen molar-refractivity contribution in [3.63, 3.8) is 0 Å². The standard InChI is InChI=1S/C20H20BrN/c1-3-6-14(2)18-13-20(15-9-11-16(21)12-10-15)22-19-8-5-4-7-17(18)19/h4-5,7-14H,3,6H2,1-2H3. The number of benzene rings is 2. The number of hydrogen-bond donors (Lipinski definition) is 0. The molecule has 22 heavy (non-hydrogen) atoms. The minimum absolute atomic E-state index is 0.548. The first-order valence-electron chi connectivity index (χ1n) is 7.84. The Labute approximate surface area is 140 Å². The van der Waals surface area contributed by atoms with E-state index >= 15 is 0 Å². The van der Waals surface area contributed by atoms with E-state index in [0.29, 0.717) is 5.92 Å². The maximum atomic E-state index is 4.86. The predicted octanol–water partition coefficient (Wildman–Crippen LogP) is 6.57. The quantitative estimate of drug-likeness (QED) is 0.516. The Morgan fingerprint density at radius 2 is 1.77 bits per heavy atom. The summed E-state index contributed by atoms with van der Waals surface area (Å²) in [6.45, 7) is 4.56. The fraction of sp³-hybridized carbons (Fsp3) is 0.250. The normalized spacial score (nSPS) is 12.5. The van der Waals surface area contributed by atoms with E-state index in [9.17, 15) is 0 Å². The van der Waals surface area contributed by atoms with Crippen LogP contribution < -0.4 is 0 Å². The highest BCUT2D eigenvalue weighted by Gasteiger charge is 2.12. The van der Waals surface area contributed by atoms with Crippen molar-refractivity contribution in [3.8, 4) is 11.3 Å². The van der Waals surface area contributed by atoms with Gasteiger partial charge < -0.3 is 0 Å². The van der Waals surface area contributed by atoms with E-state index in [-0.39, 0.29) is 0 Å². The van der Waals surface area contributed by atoms with Gasteiger partial charge in [0.2, 0.25) is 0 Å². The summed E-state index contributed by atoms with van der Waals surface area (Å²) in [5, 5.41) is 1.28. The molecule has 1 atom stereocenters. The van der Waals surface area contributed by atoms with Crippen LogP contribution in [0.15, 0.2) is 59.1 Å². The van der Waals surface area contributed by atoms with Gasteiger partial charge in [-0.1, -0.05) is 66.5 Å². The molecule has 2 aromatic carbocycles. The van der Waals surface area contributed by atoms with Crippen LogP contribution in [0.25, 0.3) is 22.2 Å². The molecular weight excluding hydrogens is 334 g/mol. The third-order valence-electron chi connectivity index (χ3n) is 4.14. The van der Waals surface area contributed by atoms with Crippen molar-refractivity contribution in [2.24, 2.45) is 0 Å². The van der Waals surface area contributed by atoms with E-state index in [2.05, 4.69) is 84.4 Å². The average Bonchev–Trinajstić information content (AvgIpc) is 2.54. The zero-order valence-corrected chi connectivity index (χ0v) is 14.6. The van der Waals surface area contributed by atoms with Gasteiger partial charge >= 0.3 is 0 Å². The molecule has 0 aliphatic carbocycles. The van der Waals surface area contributed by atoms with Crippen molar-refractivity contribution < 1.29 is 0 Å². The van der Waals surface area contributed by atoms with Gasteiger partial charge in [0.05, 0.1) is 11.2 Å². The average molecular weight is 354 g/mol. The summed E-state index contributed by atoms with van der Waals surface area (Å²) in [5.74, 6) is 0.548. The molecule has 112 valence electrons. The van der Waals surface area contributed by atoms with Gasteiger partial charge in [0.25, 0.3) is 0 Å². The molecule has 1 heterocycles. The zero-order valence-electron chi connectivity index (χ0n) is 13.0. The van der Waals surface area contributed by atoms with E-state index in [4.69, 9.17) is 4.98 Å². The summed E-state index contributed by atoms with van der Waals surface area (Å²) in [6.07, 6.45) is 2.40. The van der Waals surface area contributed by atoms with Crippen LogP contribution in [0, 0.1) is 0 Å². The molecule has 3 rings (SSSR count). The van der Waals surface area contributed by atoms with E-state index in [1.807, 2.05) is 0 Å². The first-order chi connectivity index (χ1) is 10.7. The second-order valence-electron chi connectivity index (χ2n) is 5.81. The first kappa shape index (κ1) is 15.2. The molecule has 0 N–H and O–H groups in total. The van der Waals surface area contributed by atoms with Crippen molar-refractivity contribution in [1.82, 2.24) is 4.98 Å². The lowest BCUT2D eigenvalue weighted by molar-refractivity contribution is 0.669. The van der Waals surface area contributed by atoms with Crippen molar-refractivity contribution in [2.45, 2.75) is 32.6 Å². The summed E-state index contributed by atoms with van der Waals surface area (Å²) in [4.78, 5) is 4.86. The molecule has 0 fully saturated rings. The first-order valence-corrected chi connectivity index (χ1v) is 8.64. The Kier molecular flexibility index (Phi) is 4.58. The highest BCUT2D eigenvalue weighted by atomic mass is 79.9. The van der Waals surface area contributed by atoms with E-state index < -0.39 is 0 Å². The number of halogens is 1. The highest BCUT2D eigenvalue weighted by Crippen LogP contribution is 2.32. The molecule has 1 aromatic heterocycles. The summed E-state index contributed by atoms with van der Waals surface area (Å²) >= 11 is 3.50. The lowest BCUT2D eigenvalue weighted by atomic mass is 9.92. The molecule has 0 amide bonds. The molecule has 0 bridgehead atoms. The van der Waals surface area contributed by atoms with Crippen LogP contribution >= 0.6 is 15.9 Å². The van der Waals surface area contributed by atoms with Crippen LogP contribution in [-0.2, 0) is 0 Å². The topological polar surface area (TPSA) is 12.9 Å². The van der Waals surface area contributed by atoms with Gasteiger partial charge in [-0.3, -0.25) is 0 Å². The van der Waals surface area contributed by atoms with E-state index in [1.165, 1.54) is 29.4 Å². The molecule has 0 aliphatic heterocycles. The lowest BCUT2D eigenvalue weighted by Crippen LogP contribution is -1.97.